The minimum Gasteiger partial charge on any atom is -0.0616 e. The van der Waals surface area contributed by atoms with Crippen LogP contribution in [-0.4, -0.2) is 0 Å². The van der Waals surface area contributed by atoms with E-state index in [-0.39, 0.29) is 0 Å². The first-order valence-electron chi connectivity index (χ1n) is 7.95. The van der Waals surface area contributed by atoms with Gasteiger partial charge in [0.25, 0.3) is 0 Å². The van der Waals surface area contributed by atoms with Crippen LogP contribution in [0.1, 0.15) is 31.4 Å². The Morgan fingerprint density at radius 2 is 1.50 bits per heavy atom. The molecule has 0 bridgehead atoms. The van der Waals surface area contributed by atoms with Crippen LogP contribution in [0.25, 0.3) is 27.5 Å². The van der Waals surface area contributed by atoms with Gasteiger partial charge in [-0.1, -0.05) is 73.2 Å². The highest BCUT2D eigenvalue weighted by Crippen LogP contribution is 2.42. The fourth-order valence-electron chi connectivity index (χ4n) is 3.62. The van der Waals surface area contributed by atoms with E-state index in [9.17, 15) is 0 Å². The molecule has 0 N–H and O–H groups in total. The van der Waals surface area contributed by atoms with Crippen molar-refractivity contribution in [1.29, 1.82) is 0 Å². The molecule has 0 aliphatic heterocycles. The van der Waals surface area contributed by atoms with Crippen molar-refractivity contribution >= 4 is 16.3 Å². The number of fused-ring (bicyclic) bond motifs is 2. The molecule has 1 radical (unpaired) electrons. The van der Waals surface area contributed by atoms with Gasteiger partial charge in [0.2, 0.25) is 0 Å². The van der Waals surface area contributed by atoms with Crippen LogP contribution in [0.15, 0.2) is 66.2 Å². The molecule has 0 spiro atoms. The van der Waals surface area contributed by atoms with E-state index in [4.69, 9.17) is 0 Å². The first-order valence-corrected chi connectivity index (χ1v) is 7.95. The molecule has 0 saturated heterocycles. The summed E-state index contributed by atoms with van der Waals surface area (Å²) in [4.78, 5) is 0. The van der Waals surface area contributed by atoms with E-state index >= 15 is 0 Å². The zero-order valence-electron chi connectivity index (χ0n) is 13.1. The lowest BCUT2D eigenvalue weighted by molar-refractivity contribution is 1.13. The van der Waals surface area contributed by atoms with Crippen molar-refractivity contribution < 1.29 is 0 Å². The van der Waals surface area contributed by atoms with Crippen LogP contribution < -0.4 is 0 Å². The number of hydrogen-bond donors (Lipinski definition) is 0. The third-order valence-electron chi connectivity index (χ3n) is 4.74. The maximum absolute atomic E-state index is 2.35. The molecule has 0 aromatic heterocycles. The van der Waals surface area contributed by atoms with Crippen molar-refractivity contribution in [3.8, 4) is 11.1 Å². The SMILES string of the molecule is CCC1=C(C)c2c(cccc2-c2cccc3ccccc23)[CH]1. The van der Waals surface area contributed by atoms with Gasteiger partial charge < -0.3 is 0 Å². The maximum atomic E-state index is 2.35. The van der Waals surface area contributed by atoms with Crippen molar-refractivity contribution in [3.05, 3.63) is 83.8 Å². The van der Waals surface area contributed by atoms with Crippen LogP contribution in [0.4, 0.5) is 0 Å². The standard InChI is InChI=1S/C22H19/c1-3-16-14-18-10-7-13-21(22(18)15(16)2)20-12-6-9-17-8-4-5-11-19(17)20/h4-14H,3H2,1-2H3. The summed E-state index contributed by atoms with van der Waals surface area (Å²) in [7, 11) is 0. The third kappa shape index (κ3) is 1.91. The molecule has 22 heavy (non-hydrogen) atoms. The molecule has 1 aliphatic rings. The molecule has 0 fully saturated rings. The number of hydrogen-bond acceptors (Lipinski definition) is 0. The molecule has 0 heteroatoms. The Hall–Kier alpha value is -2.34. The van der Waals surface area contributed by atoms with Gasteiger partial charge in [0.15, 0.2) is 0 Å². The Labute approximate surface area is 132 Å². The fourth-order valence-corrected chi connectivity index (χ4v) is 3.62. The molecule has 0 amide bonds. The van der Waals surface area contributed by atoms with Crippen molar-refractivity contribution in [1.82, 2.24) is 0 Å². The van der Waals surface area contributed by atoms with Crippen LogP contribution in [-0.2, 0) is 0 Å². The summed E-state index contributed by atoms with van der Waals surface area (Å²) < 4.78 is 0. The second-order valence-corrected chi connectivity index (χ2v) is 5.94. The van der Waals surface area contributed by atoms with Gasteiger partial charge in [-0.05, 0) is 51.9 Å². The van der Waals surface area contributed by atoms with Gasteiger partial charge in [-0.2, -0.15) is 0 Å². The monoisotopic (exact) mass is 283 g/mol. The summed E-state index contributed by atoms with van der Waals surface area (Å²) in [6, 6.07) is 21.9. The van der Waals surface area contributed by atoms with Gasteiger partial charge >= 0.3 is 0 Å². The second kappa shape index (κ2) is 5.14. The van der Waals surface area contributed by atoms with Crippen molar-refractivity contribution in [2.45, 2.75) is 20.3 Å². The van der Waals surface area contributed by atoms with E-state index in [1.54, 1.807) is 0 Å². The van der Waals surface area contributed by atoms with Crippen LogP contribution in [0, 0.1) is 6.42 Å². The zero-order valence-corrected chi connectivity index (χ0v) is 13.1. The van der Waals surface area contributed by atoms with Crippen molar-refractivity contribution in [2.75, 3.05) is 0 Å². The first-order chi connectivity index (χ1) is 10.8. The number of allylic oxidation sites excluding steroid dienone is 2. The molecule has 107 valence electrons. The number of rotatable bonds is 2. The minimum absolute atomic E-state index is 1.09. The Bertz CT molecular complexity index is 892. The van der Waals surface area contributed by atoms with Gasteiger partial charge in [0.05, 0.1) is 0 Å². The third-order valence-corrected chi connectivity index (χ3v) is 4.74. The summed E-state index contributed by atoms with van der Waals surface area (Å²) in [6.07, 6.45) is 3.44. The van der Waals surface area contributed by atoms with E-state index in [0.29, 0.717) is 0 Å². The fraction of sp³-hybridized carbons (Fsp3) is 0.136. The molecule has 0 saturated carbocycles. The van der Waals surface area contributed by atoms with Gasteiger partial charge in [-0.25, -0.2) is 0 Å². The Morgan fingerprint density at radius 1 is 0.773 bits per heavy atom. The van der Waals surface area contributed by atoms with Gasteiger partial charge in [0.1, 0.15) is 0 Å². The summed E-state index contributed by atoms with van der Waals surface area (Å²) in [5, 5.41) is 2.63. The average molecular weight is 283 g/mol. The van der Waals surface area contributed by atoms with Gasteiger partial charge in [-0.15, -0.1) is 0 Å². The van der Waals surface area contributed by atoms with Crippen LogP contribution in [0.5, 0.6) is 0 Å². The molecule has 0 atom stereocenters. The Kier molecular flexibility index (Phi) is 3.11. The molecule has 0 unspecified atom stereocenters. The predicted molar refractivity (Wildman–Crippen MR) is 95.7 cm³/mol. The number of benzene rings is 3. The smallest absolute Gasteiger partial charge is 0.0167 e. The molecule has 3 aromatic rings. The van der Waals surface area contributed by atoms with E-state index in [0.717, 1.165) is 6.42 Å². The summed E-state index contributed by atoms with van der Waals surface area (Å²) in [5.74, 6) is 0. The molecule has 3 aromatic carbocycles. The lowest BCUT2D eigenvalue weighted by Gasteiger charge is -2.13. The van der Waals surface area contributed by atoms with Crippen molar-refractivity contribution in [3.63, 3.8) is 0 Å². The van der Waals surface area contributed by atoms with E-state index in [1.165, 1.54) is 44.2 Å². The lowest BCUT2D eigenvalue weighted by atomic mass is 9.91. The molecule has 4 rings (SSSR count). The molecular weight excluding hydrogens is 264 g/mol. The molecule has 0 nitrogen and oxygen atoms in total. The van der Waals surface area contributed by atoms with Gasteiger partial charge in [0, 0.05) is 6.42 Å². The maximum Gasteiger partial charge on any atom is 0.0167 e. The van der Waals surface area contributed by atoms with E-state index < -0.39 is 0 Å². The van der Waals surface area contributed by atoms with Crippen molar-refractivity contribution in [2.24, 2.45) is 0 Å². The highest BCUT2D eigenvalue weighted by Gasteiger charge is 2.21. The van der Waals surface area contributed by atoms with Gasteiger partial charge in [-0.3, -0.25) is 0 Å². The minimum atomic E-state index is 1.09. The van der Waals surface area contributed by atoms with Crippen LogP contribution in [0.3, 0.4) is 0 Å². The molecule has 1 aliphatic carbocycles. The Morgan fingerprint density at radius 3 is 2.36 bits per heavy atom. The summed E-state index contributed by atoms with van der Waals surface area (Å²) >= 11 is 0. The predicted octanol–water partition coefficient (Wildman–Crippen LogP) is 6.26. The molecular formula is C22H19. The normalized spacial score (nSPS) is 13.7. The second-order valence-electron chi connectivity index (χ2n) is 5.94. The summed E-state index contributed by atoms with van der Waals surface area (Å²) in [6.45, 7) is 4.49. The first kappa shape index (κ1) is 13.3. The summed E-state index contributed by atoms with van der Waals surface area (Å²) in [5.41, 5.74) is 8.35. The topological polar surface area (TPSA) is 0 Å². The average Bonchev–Trinajstić information content (AvgIpc) is 2.91. The highest BCUT2D eigenvalue weighted by molar-refractivity contribution is 6.01. The quantitative estimate of drug-likeness (QED) is 0.521. The lowest BCUT2D eigenvalue weighted by Crippen LogP contribution is -1.89. The van der Waals surface area contributed by atoms with E-state index in [2.05, 4.69) is 80.9 Å². The zero-order chi connectivity index (χ0) is 15.1. The van der Waals surface area contributed by atoms with Crippen LogP contribution >= 0.6 is 0 Å². The largest absolute Gasteiger partial charge is 0.0616 e. The van der Waals surface area contributed by atoms with E-state index in [1.807, 2.05) is 0 Å². The Balaban J connectivity index is 2.02. The van der Waals surface area contributed by atoms with Crippen LogP contribution in [0.2, 0.25) is 0 Å². The molecule has 0 heterocycles. The highest BCUT2D eigenvalue weighted by atomic mass is 14.2.